The summed E-state index contributed by atoms with van der Waals surface area (Å²) in [6.07, 6.45) is 0.541. The van der Waals surface area contributed by atoms with Gasteiger partial charge in [-0.25, -0.2) is 0 Å². The highest BCUT2D eigenvalue weighted by molar-refractivity contribution is 5.99. The summed E-state index contributed by atoms with van der Waals surface area (Å²) < 4.78 is 0. The summed E-state index contributed by atoms with van der Waals surface area (Å²) in [6, 6.07) is 4.19. The average molecular weight is 280 g/mol. The van der Waals surface area contributed by atoms with Crippen LogP contribution in [0.1, 0.15) is 23.2 Å². The van der Waals surface area contributed by atoms with Crippen LogP contribution in [-0.4, -0.2) is 30.3 Å². The summed E-state index contributed by atoms with van der Waals surface area (Å²) in [7, 11) is 1.65. The number of benzene rings is 1. The lowest BCUT2D eigenvalue weighted by molar-refractivity contribution is -0.385. The molecule has 8 heteroatoms. The quantitative estimate of drug-likeness (QED) is 0.383. The third kappa shape index (κ3) is 4.23. The first-order valence-electron chi connectivity index (χ1n) is 5.98. The zero-order valence-corrected chi connectivity index (χ0v) is 11.0. The summed E-state index contributed by atoms with van der Waals surface area (Å²) >= 11 is 0. The lowest BCUT2D eigenvalue weighted by Gasteiger charge is -2.07. The van der Waals surface area contributed by atoms with Crippen LogP contribution in [0.5, 0.6) is 0 Å². The minimum Gasteiger partial charge on any atom is -0.388 e. The fraction of sp³-hybridized carbons (Fsp3) is 0.333. The maximum absolute atomic E-state index is 11.9. The Morgan fingerprint density at radius 3 is 2.65 bits per heavy atom. The first-order valence-corrected chi connectivity index (χ1v) is 5.98. The van der Waals surface area contributed by atoms with Crippen LogP contribution in [0.3, 0.4) is 0 Å². The highest BCUT2D eigenvalue weighted by Gasteiger charge is 2.20. The Kier molecular flexibility index (Phi) is 5.45. The van der Waals surface area contributed by atoms with Crippen molar-refractivity contribution in [2.45, 2.75) is 12.8 Å². The summed E-state index contributed by atoms with van der Waals surface area (Å²) in [5.41, 5.74) is 5.27. The first-order chi connectivity index (χ1) is 9.45. The number of nitro benzene ring substituents is 1. The molecular formula is C12H16N4O4. The van der Waals surface area contributed by atoms with E-state index in [2.05, 4.69) is 10.6 Å². The van der Waals surface area contributed by atoms with Gasteiger partial charge in [0.05, 0.1) is 4.92 Å². The molecule has 0 aliphatic carbocycles. The van der Waals surface area contributed by atoms with Gasteiger partial charge in [0, 0.05) is 31.8 Å². The zero-order valence-electron chi connectivity index (χ0n) is 11.0. The maximum atomic E-state index is 11.9. The normalized spacial score (nSPS) is 9.85. The Bertz CT molecular complexity index is 530. The van der Waals surface area contributed by atoms with E-state index in [0.717, 1.165) is 0 Å². The van der Waals surface area contributed by atoms with Crippen LogP contribution in [0.4, 0.5) is 11.4 Å². The van der Waals surface area contributed by atoms with Gasteiger partial charge in [0.15, 0.2) is 0 Å². The van der Waals surface area contributed by atoms with Gasteiger partial charge in [-0.1, -0.05) is 0 Å². The van der Waals surface area contributed by atoms with Gasteiger partial charge in [-0.15, -0.1) is 0 Å². The molecule has 0 saturated carbocycles. The third-order valence-corrected chi connectivity index (χ3v) is 2.61. The van der Waals surface area contributed by atoms with Gasteiger partial charge in [-0.2, -0.15) is 0 Å². The fourth-order valence-electron chi connectivity index (χ4n) is 1.59. The molecule has 1 aromatic carbocycles. The lowest BCUT2D eigenvalue weighted by atomic mass is 10.1. The molecule has 0 unspecified atom stereocenters. The van der Waals surface area contributed by atoms with E-state index >= 15 is 0 Å². The van der Waals surface area contributed by atoms with Crippen LogP contribution < -0.4 is 16.4 Å². The molecule has 1 aromatic rings. The van der Waals surface area contributed by atoms with Crippen molar-refractivity contribution >= 4 is 23.2 Å². The molecule has 0 saturated heterocycles. The van der Waals surface area contributed by atoms with Crippen molar-refractivity contribution in [3.63, 3.8) is 0 Å². The Morgan fingerprint density at radius 1 is 1.40 bits per heavy atom. The molecule has 0 aliphatic heterocycles. The number of carbonyl (C=O) groups is 2. The van der Waals surface area contributed by atoms with Crippen LogP contribution in [0.15, 0.2) is 18.2 Å². The minimum absolute atomic E-state index is 0.0269. The van der Waals surface area contributed by atoms with E-state index < -0.39 is 16.7 Å². The molecule has 0 spiro atoms. The molecule has 2 amide bonds. The zero-order chi connectivity index (χ0) is 15.1. The Hall–Kier alpha value is -2.64. The minimum atomic E-state index is -0.613. The fourth-order valence-corrected chi connectivity index (χ4v) is 1.59. The predicted molar refractivity (Wildman–Crippen MR) is 73.4 cm³/mol. The summed E-state index contributed by atoms with van der Waals surface area (Å²) in [5.74, 6) is -1.01. The molecule has 1 rings (SSSR count). The molecular weight excluding hydrogens is 264 g/mol. The van der Waals surface area contributed by atoms with Gasteiger partial charge in [0.25, 0.3) is 11.6 Å². The van der Waals surface area contributed by atoms with E-state index in [4.69, 9.17) is 5.73 Å². The SMILES string of the molecule is CNc1ccc([N+](=O)[O-])c(C(=O)NCCCC(N)=O)c1. The van der Waals surface area contributed by atoms with Crippen LogP contribution in [0, 0.1) is 10.1 Å². The molecule has 0 radical (unpaired) electrons. The second-order valence-corrected chi connectivity index (χ2v) is 4.06. The van der Waals surface area contributed by atoms with Crippen molar-refractivity contribution in [2.24, 2.45) is 5.73 Å². The summed E-state index contributed by atoms with van der Waals surface area (Å²) in [6.45, 7) is 0.225. The van der Waals surface area contributed by atoms with Crippen molar-refractivity contribution < 1.29 is 14.5 Å². The molecule has 0 fully saturated rings. The molecule has 0 aromatic heterocycles. The second kappa shape index (κ2) is 7.07. The van der Waals surface area contributed by atoms with E-state index in [9.17, 15) is 19.7 Å². The van der Waals surface area contributed by atoms with Crippen LogP contribution in [-0.2, 0) is 4.79 Å². The number of hydrogen-bond donors (Lipinski definition) is 3. The van der Waals surface area contributed by atoms with Crippen LogP contribution in [0.25, 0.3) is 0 Å². The van der Waals surface area contributed by atoms with Crippen LogP contribution >= 0.6 is 0 Å². The first kappa shape index (κ1) is 15.4. The number of carbonyl (C=O) groups excluding carboxylic acids is 2. The molecule has 4 N–H and O–H groups in total. The number of hydrogen-bond acceptors (Lipinski definition) is 5. The summed E-state index contributed by atoms with van der Waals surface area (Å²) in [4.78, 5) is 32.8. The van der Waals surface area contributed by atoms with E-state index in [-0.39, 0.29) is 24.2 Å². The number of nitrogens with two attached hydrogens (primary N) is 1. The lowest BCUT2D eigenvalue weighted by Crippen LogP contribution is -2.26. The van der Waals surface area contributed by atoms with Crippen molar-refractivity contribution in [1.82, 2.24) is 5.32 Å². The Labute approximate surface area is 115 Å². The van der Waals surface area contributed by atoms with Crippen molar-refractivity contribution in [3.8, 4) is 0 Å². The second-order valence-electron chi connectivity index (χ2n) is 4.06. The van der Waals surface area contributed by atoms with E-state index in [1.165, 1.54) is 18.2 Å². The van der Waals surface area contributed by atoms with E-state index in [0.29, 0.717) is 12.1 Å². The average Bonchev–Trinajstić information content (AvgIpc) is 2.42. The number of primary amides is 1. The standard InChI is InChI=1S/C12H16N4O4/c1-14-8-4-5-10(16(19)20)9(7-8)12(18)15-6-2-3-11(13)17/h4-5,7,14H,2-3,6H2,1H3,(H2,13,17)(H,15,18). The van der Waals surface area contributed by atoms with E-state index in [1.807, 2.05) is 0 Å². The van der Waals surface area contributed by atoms with Gasteiger partial charge in [-0.05, 0) is 18.6 Å². The highest BCUT2D eigenvalue weighted by atomic mass is 16.6. The number of nitrogens with one attached hydrogen (secondary N) is 2. The number of nitro groups is 1. The van der Waals surface area contributed by atoms with Gasteiger partial charge in [0.1, 0.15) is 5.56 Å². The van der Waals surface area contributed by atoms with Gasteiger partial charge < -0.3 is 16.4 Å². The smallest absolute Gasteiger partial charge is 0.282 e. The molecule has 108 valence electrons. The van der Waals surface area contributed by atoms with Crippen molar-refractivity contribution in [3.05, 3.63) is 33.9 Å². The molecule has 0 heterocycles. The molecule has 20 heavy (non-hydrogen) atoms. The monoisotopic (exact) mass is 280 g/mol. The van der Waals surface area contributed by atoms with Crippen molar-refractivity contribution in [1.29, 1.82) is 0 Å². The van der Waals surface area contributed by atoms with Gasteiger partial charge in [0.2, 0.25) is 5.91 Å². The predicted octanol–water partition coefficient (Wildman–Crippen LogP) is 0.632. The number of rotatable bonds is 7. The maximum Gasteiger partial charge on any atom is 0.282 e. The largest absolute Gasteiger partial charge is 0.388 e. The van der Waals surface area contributed by atoms with Crippen molar-refractivity contribution in [2.75, 3.05) is 18.9 Å². The van der Waals surface area contributed by atoms with Gasteiger partial charge >= 0.3 is 0 Å². The third-order valence-electron chi connectivity index (χ3n) is 2.61. The Balaban J connectivity index is 2.79. The number of anilines is 1. The Morgan fingerprint density at radius 2 is 2.10 bits per heavy atom. The summed E-state index contributed by atoms with van der Waals surface area (Å²) in [5, 5.41) is 16.2. The number of nitrogens with zero attached hydrogens (tertiary/aromatic N) is 1. The molecule has 0 aliphatic rings. The molecule has 8 nitrogen and oxygen atoms in total. The van der Waals surface area contributed by atoms with E-state index in [1.54, 1.807) is 7.05 Å². The molecule has 0 bridgehead atoms. The highest BCUT2D eigenvalue weighted by Crippen LogP contribution is 2.22. The van der Waals surface area contributed by atoms with Gasteiger partial charge in [-0.3, -0.25) is 19.7 Å². The topological polar surface area (TPSA) is 127 Å². The molecule has 0 atom stereocenters. The number of amides is 2. The van der Waals surface area contributed by atoms with Crippen LogP contribution in [0.2, 0.25) is 0 Å².